The first kappa shape index (κ1) is 13.4. The van der Waals surface area contributed by atoms with Crippen molar-refractivity contribution in [3.63, 3.8) is 0 Å². The smallest absolute Gasteiger partial charge is 0.233 e. The minimum Gasteiger partial charge on any atom is -0.355 e. The summed E-state index contributed by atoms with van der Waals surface area (Å²) < 4.78 is 0. The van der Waals surface area contributed by atoms with Crippen molar-refractivity contribution in [2.75, 3.05) is 6.54 Å². The zero-order valence-corrected chi connectivity index (χ0v) is 12.2. The molecule has 1 saturated heterocycles. The topological polar surface area (TPSA) is 54.9 Å². The molecule has 1 N–H and O–H groups in total. The zero-order chi connectivity index (χ0) is 13.9. The molecule has 1 aromatic heterocycles. The normalized spacial score (nSPS) is 19.6. The number of amides is 1. The van der Waals surface area contributed by atoms with Crippen molar-refractivity contribution >= 4 is 28.7 Å². The van der Waals surface area contributed by atoms with Gasteiger partial charge in [0, 0.05) is 6.54 Å². The van der Waals surface area contributed by atoms with Gasteiger partial charge in [-0.1, -0.05) is 30.3 Å². The second kappa shape index (κ2) is 5.79. The van der Waals surface area contributed by atoms with Gasteiger partial charge in [-0.15, -0.1) is 0 Å². The van der Waals surface area contributed by atoms with Crippen LogP contribution in [0.1, 0.15) is 25.0 Å². The minimum atomic E-state index is -0.0494. The molecule has 0 saturated carbocycles. The van der Waals surface area contributed by atoms with E-state index in [0.29, 0.717) is 0 Å². The molecule has 1 aliphatic rings. The Hall–Kier alpha value is -1.62. The summed E-state index contributed by atoms with van der Waals surface area (Å²) in [5, 5.41) is 3.78. The lowest BCUT2D eigenvalue weighted by atomic mass is 10.2. The van der Waals surface area contributed by atoms with E-state index in [0.717, 1.165) is 47.6 Å². The predicted molar refractivity (Wildman–Crippen MR) is 80.8 cm³/mol. The molecular formula is C15H17N3OS. The Kier molecular flexibility index (Phi) is 3.87. The fraction of sp³-hybridized carbons (Fsp3) is 0.400. The summed E-state index contributed by atoms with van der Waals surface area (Å²) in [5.41, 5.74) is 2.68. The first-order valence-corrected chi connectivity index (χ1v) is 7.80. The number of rotatable bonds is 2. The monoisotopic (exact) mass is 287 g/mol. The molecule has 0 radical (unpaired) electrons. The summed E-state index contributed by atoms with van der Waals surface area (Å²) in [6.07, 6.45) is 3.05. The SMILES string of the molecule is Cc1nc2ccccc2nc1SC1CCCCNC1=O. The van der Waals surface area contributed by atoms with Crippen molar-refractivity contribution in [2.24, 2.45) is 0 Å². The molecular weight excluding hydrogens is 270 g/mol. The molecule has 20 heavy (non-hydrogen) atoms. The Morgan fingerprint density at radius 1 is 1.20 bits per heavy atom. The largest absolute Gasteiger partial charge is 0.355 e. The van der Waals surface area contributed by atoms with E-state index in [1.807, 2.05) is 31.2 Å². The van der Waals surface area contributed by atoms with Crippen LogP contribution in [0.2, 0.25) is 0 Å². The van der Waals surface area contributed by atoms with E-state index in [9.17, 15) is 4.79 Å². The van der Waals surface area contributed by atoms with Gasteiger partial charge in [-0.05, 0) is 31.9 Å². The number of fused-ring (bicyclic) bond motifs is 1. The lowest BCUT2D eigenvalue weighted by Gasteiger charge is -2.13. The van der Waals surface area contributed by atoms with E-state index in [-0.39, 0.29) is 11.2 Å². The average Bonchev–Trinajstić information content (AvgIpc) is 2.65. The van der Waals surface area contributed by atoms with Crippen LogP contribution in [0.15, 0.2) is 29.3 Å². The molecule has 0 bridgehead atoms. The molecule has 1 fully saturated rings. The zero-order valence-electron chi connectivity index (χ0n) is 11.4. The summed E-state index contributed by atoms with van der Waals surface area (Å²) in [4.78, 5) is 21.2. The number of hydrogen-bond donors (Lipinski definition) is 1. The molecule has 1 aliphatic heterocycles. The van der Waals surface area contributed by atoms with Crippen molar-refractivity contribution in [1.82, 2.24) is 15.3 Å². The predicted octanol–water partition coefficient (Wildman–Crippen LogP) is 2.70. The number of carbonyl (C=O) groups is 1. The van der Waals surface area contributed by atoms with Crippen LogP contribution in [-0.2, 0) is 4.79 Å². The molecule has 1 atom stereocenters. The lowest BCUT2D eigenvalue weighted by molar-refractivity contribution is -0.120. The van der Waals surface area contributed by atoms with E-state index < -0.39 is 0 Å². The third kappa shape index (κ3) is 2.77. The lowest BCUT2D eigenvalue weighted by Crippen LogP contribution is -2.30. The minimum absolute atomic E-state index is 0.0494. The Labute approximate surface area is 122 Å². The van der Waals surface area contributed by atoms with E-state index in [4.69, 9.17) is 0 Å². The van der Waals surface area contributed by atoms with E-state index in [1.165, 1.54) is 0 Å². The van der Waals surface area contributed by atoms with Gasteiger partial charge < -0.3 is 5.32 Å². The maximum atomic E-state index is 12.0. The highest BCUT2D eigenvalue weighted by atomic mass is 32.2. The van der Waals surface area contributed by atoms with E-state index >= 15 is 0 Å². The van der Waals surface area contributed by atoms with Crippen molar-refractivity contribution < 1.29 is 4.79 Å². The van der Waals surface area contributed by atoms with Crippen LogP contribution >= 0.6 is 11.8 Å². The number of hydrogen-bond acceptors (Lipinski definition) is 4. The number of aryl methyl sites for hydroxylation is 1. The number of nitrogens with zero attached hydrogens (tertiary/aromatic N) is 2. The maximum absolute atomic E-state index is 12.0. The van der Waals surface area contributed by atoms with Crippen molar-refractivity contribution in [1.29, 1.82) is 0 Å². The number of carbonyl (C=O) groups excluding carboxylic acids is 1. The number of aromatic nitrogens is 2. The number of nitrogens with one attached hydrogen (secondary N) is 1. The Morgan fingerprint density at radius 3 is 2.75 bits per heavy atom. The summed E-state index contributed by atoms with van der Waals surface area (Å²) >= 11 is 1.54. The van der Waals surface area contributed by atoms with Crippen molar-refractivity contribution in [3.05, 3.63) is 30.0 Å². The Balaban J connectivity index is 1.89. The van der Waals surface area contributed by atoms with Gasteiger partial charge in [0.05, 0.1) is 22.0 Å². The molecule has 1 unspecified atom stereocenters. The molecule has 5 heteroatoms. The Morgan fingerprint density at radius 2 is 1.95 bits per heavy atom. The van der Waals surface area contributed by atoms with Gasteiger partial charge in [-0.25, -0.2) is 9.97 Å². The van der Waals surface area contributed by atoms with Gasteiger partial charge in [0.1, 0.15) is 5.03 Å². The van der Waals surface area contributed by atoms with Gasteiger partial charge in [-0.3, -0.25) is 4.79 Å². The quantitative estimate of drug-likeness (QED) is 0.922. The molecule has 1 aromatic carbocycles. The van der Waals surface area contributed by atoms with Crippen LogP contribution in [0.25, 0.3) is 11.0 Å². The first-order chi connectivity index (χ1) is 9.74. The molecule has 2 heterocycles. The highest BCUT2D eigenvalue weighted by Crippen LogP contribution is 2.29. The molecule has 104 valence electrons. The molecule has 2 aromatic rings. The van der Waals surface area contributed by atoms with Gasteiger partial charge in [-0.2, -0.15) is 0 Å². The van der Waals surface area contributed by atoms with Crippen LogP contribution in [0.4, 0.5) is 0 Å². The van der Waals surface area contributed by atoms with Crippen LogP contribution in [0.5, 0.6) is 0 Å². The summed E-state index contributed by atoms with van der Waals surface area (Å²) in [7, 11) is 0. The average molecular weight is 287 g/mol. The van der Waals surface area contributed by atoms with Crippen LogP contribution in [-0.4, -0.2) is 27.7 Å². The van der Waals surface area contributed by atoms with Gasteiger partial charge in [0.25, 0.3) is 0 Å². The molecule has 0 aliphatic carbocycles. The molecule has 4 nitrogen and oxygen atoms in total. The van der Waals surface area contributed by atoms with Gasteiger partial charge in [0.2, 0.25) is 5.91 Å². The molecule has 3 rings (SSSR count). The van der Waals surface area contributed by atoms with Gasteiger partial charge in [0.15, 0.2) is 0 Å². The maximum Gasteiger partial charge on any atom is 0.233 e. The third-order valence-corrected chi connectivity index (χ3v) is 4.78. The second-order valence-corrected chi connectivity index (χ2v) is 6.19. The first-order valence-electron chi connectivity index (χ1n) is 6.92. The van der Waals surface area contributed by atoms with E-state index in [2.05, 4.69) is 15.3 Å². The summed E-state index contributed by atoms with van der Waals surface area (Å²) in [5.74, 6) is 0.127. The number of para-hydroxylation sites is 2. The highest BCUT2D eigenvalue weighted by Gasteiger charge is 2.23. The number of thioether (sulfide) groups is 1. The molecule has 0 spiro atoms. The second-order valence-electron chi connectivity index (χ2n) is 5.00. The van der Waals surface area contributed by atoms with Crippen molar-refractivity contribution in [3.8, 4) is 0 Å². The Bertz CT molecular complexity index is 644. The summed E-state index contributed by atoms with van der Waals surface area (Å²) in [6, 6.07) is 7.84. The molecule has 1 amide bonds. The van der Waals surface area contributed by atoms with Crippen LogP contribution < -0.4 is 5.32 Å². The van der Waals surface area contributed by atoms with Gasteiger partial charge >= 0.3 is 0 Å². The number of benzene rings is 1. The highest BCUT2D eigenvalue weighted by molar-refractivity contribution is 8.00. The summed E-state index contributed by atoms with van der Waals surface area (Å²) in [6.45, 7) is 2.74. The van der Waals surface area contributed by atoms with Crippen LogP contribution in [0, 0.1) is 6.92 Å². The fourth-order valence-corrected chi connectivity index (χ4v) is 3.45. The van der Waals surface area contributed by atoms with Crippen LogP contribution in [0.3, 0.4) is 0 Å². The standard InChI is InChI=1S/C15H17N3OS/c1-10-15(18-12-7-3-2-6-11(12)17-10)20-13-8-4-5-9-16-14(13)19/h2-3,6-7,13H,4-5,8-9H2,1H3,(H,16,19). The third-order valence-electron chi connectivity index (χ3n) is 3.44. The van der Waals surface area contributed by atoms with E-state index in [1.54, 1.807) is 11.8 Å². The fourth-order valence-electron chi connectivity index (χ4n) is 2.34. The van der Waals surface area contributed by atoms with Crippen molar-refractivity contribution in [2.45, 2.75) is 36.5 Å².